The zero-order chi connectivity index (χ0) is 18.1. The Morgan fingerprint density at radius 3 is 2.73 bits per heavy atom. The van der Waals surface area contributed by atoms with E-state index in [1.54, 1.807) is 12.1 Å². The van der Waals surface area contributed by atoms with Gasteiger partial charge in [-0.25, -0.2) is 14.4 Å². The Kier molecular flexibility index (Phi) is 4.46. The lowest BCUT2D eigenvalue weighted by Crippen LogP contribution is -2.05. The van der Waals surface area contributed by atoms with Crippen molar-refractivity contribution < 1.29 is 4.39 Å². The molecule has 2 heterocycles. The summed E-state index contributed by atoms with van der Waals surface area (Å²) in [6.45, 7) is 2.25. The first-order chi connectivity index (χ1) is 12.6. The molecule has 8 heteroatoms. The summed E-state index contributed by atoms with van der Waals surface area (Å²) in [6, 6.07) is 8.15. The van der Waals surface area contributed by atoms with Gasteiger partial charge in [0, 0.05) is 35.3 Å². The summed E-state index contributed by atoms with van der Waals surface area (Å²) >= 11 is 6.06. The van der Waals surface area contributed by atoms with E-state index < -0.39 is 0 Å². The summed E-state index contributed by atoms with van der Waals surface area (Å²) in [5, 5.41) is 14.1. The van der Waals surface area contributed by atoms with Gasteiger partial charge in [0.2, 0.25) is 0 Å². The maximum atomic E-state index is 13.1. The maximum Gasteiger partial charge on any atom is 0.153 e. The monoisotopic (exact) mass is 372 g/mol. The molecule has 0 unspecified atom stereocenters. The Bertz CT molecular complexity index is 937. The number of aryl methyl sites for hydroxylation is 1. The van der Waals surface area contributed by atoms with Crippen LogP contribution in [0.15, 0.2) is 30.3 Å². The summed E-state index contributed by atoms with van der Waals surface area (Å²) in [6.07, 6.45) is 2.43. The zero-order valence-electron chi connectivity index (χ0n) is 14.2. The van der Waals surface area contributed by atoms with Crippen molar-refractivity contribution in [3.05, 3.63) is 58.3 Å². The predicted molar refractivity (Wildman–Crippen MR) is 99.4 cm³/mol. The quantitative estimate of drug-likeness (QED) is 0.592. The van der Waals surface area contributed by atoms with Crippen molar-refractivity contribution in [2.24, 2.45) is 0 Å². The second kappa shape index (κ2) is 6.92. The summed E-state index contributed by atoms with van der Waals surface area (Å²) in [5.41, 5.74) is 1.95. The third kappa shape index (κ3) is 3.94. The van der Waals surface area contributed by atoms with Crippen molar-refractivity contribution in [2.45, 2.75) is 32.2 Å². The summed E-state index contributed by atoms with van der Waals surface area (Å²) < 4.78 is 13.1. The fourth-order valence-electron chi connectivity index (χ4n) is 2.71. The van der Waals surface area contributed by atoms with Gasteiger partial charge < -0.3 is 10.6 Å². The van der Waals surface area contributed by atoms with E-state index in [-0.39, 0.29) is 5.82 Å². The minimum Gasteiger partial charge on any atom is -0.366 e. The number of benzene rings is 1. The number of nitrogens with one attached hydrogen (secondary N) is 3. The molecule has 26 heavy (non-hydrogen) atoms. The first kappa shape index (κ1) is 16.8. The number of hydrogen-bond donors (Lipinski definition) is 3. The molecule has 2 aromatic heterocycles. The highest BCUT2D eigenvalue weighted by atomic mass is 35.5. The van der Waals surface area contributed by atoms with Crippen molar-refractivity contribution in [2.75, 3.05) is 10.6 Å². The first-order valence-corrected chi connectivity index (χ1v) is 8.80. The maximum absolute atomic E-state index is 13.1. The molecule has 0 saturated heterocycles. The average molecular weight is 373 g/mol. The molecule has 6 nitrogen and oxygen atoms in total. The van der Waals surface area contributed by atoms with Crippen LogP contribution in [0.4, 0.5) is 21.8 Å². The van der Waals surface area contributed by atoms with Gasteiger partial charge in [-0.05, 0) is 37.5 Å². The van der Waals surface area contributed by atoms with E-state index in [1.807, 2.05) is 13.0 Å². The Hall–Kier alpha value is -2.67. The lowest BCUT2D eigenvalue weighted by molar-refractivity contribution is 0.627. The van der Waals surface area contributed by atoms with Gasteiger partial charge in [0.15, 0.2) is 5.82 Å². The number of nitrogens with zero attached hydrogens (tertiary/aromatic N) is 3. The largest absolute Gasteiger partial charge is 0.366 e. The molecule has 1 fully saturated rings. The molecule has 4 rings (SSSR count). The molecule has 1 saturated carbocycles. The predicted octanol–water partition coefficient (Wildman–Crippen LogP) is 4.53. The minimum atomic E-state index is -0.354. The fraction of sp³-hybridized carbons (Fsp3) is 0.278. The number of anilines is 3. The first-order valence-electron chi connectivity index (χ1n) is 8.42. The zero-order valence-corrected chi connectivity index (χ0v) is 14.9. The SMILES string of the molecule is Cc1nc(NCc2ccc(F)cc2Cl)cc(Nc2cc(C3CC3)[nH]n2)n1. The average Bonchev–Trinajstić information content (AvgIpc) is 3.34. The van der Waals surface area contributed by atoms with Crippen LogP contribution in [0.2, 0.25) is 5.02 Å². The lowest BCUT2D eigenvalue weighted by atomic mass is 10.2. The molecule has 3 aromatic rings. The minimum absolute atomic E-state index is 0.354. The molecule has 0 radical (unpaired) electrons. The van der Waals surface area contributed by atoms with Crippen LogP contribution in [-0.4, -0.2) is 20.2 Å². The molecule has 134 valence electrons. The Labute approximate surface area is 155 Å². The number of H-pyrrole nitrogens is 1. The molecule has 3 N–H and O–H groups in total. The van der Waals surface area contributed by atoms with E-state index >= 15 is 0 Å². The molecule has 1 aliphatic carbocycles. The van der Waals surface area contributed by atoms with Crippen LogP contribution in [-0.2, 0) is 6.54 Å². The summed E-state index contributed by atoms with van der Waals surface area (Å²) in [5.74, 6) is 2.92. The molecular formula is C18H18ClFN6. The van der Waals surface area contributed by atoms with Gasteiger partial charge in [-0.1, -0.05) is 17.7 Å². The third-order valence-corrected chi connectivity index (χ3v) is 4.54. The van der Waals surface area contributed by atoms with Crippen molar-refractivity contribution in [3.63, 3.8) is 0 Å². The Balaban J connectivity index is 1.46. The summed E-state index contributed by atoms with van der Waals surface area (Å²) in [7, 11) is 0. The molecule has 1 aromatic carbocycles. The van der Waals surface area contributed by atoms with Gasteiger partial charge in [0.25, 0.3) is 0 Å². The topological polar surface area (TPSA) is 78.5 Å². The van der Waals surface area contributed by atoms with E-state index in [1.165, 1.54) is 25.0 Å². The van der Waals surface area contributed by atoms with Crippen molar-refractivity contribution in [3.8, 4) is 0 Å². The van der Waals surface area contributed by atoms with Gasteiger partial charge in [0.05, 0.1) is 0 Å². The molecule has 0 spiro atoms. The highest BCUT2D eigenvalue weighted by molar-refractivity contribution is 6.31. The molecule has 0 aliphatic heterocycles. The second-order valence-electron chi connectivity index (χ2n) is 6.38. The number of rotatable bonds is 6. The molecule has 0 atom stereocenters. The summed E-state index contributed by atoms with van der Waals surface area (Å²) in [4.78, 5) is 8.76. The number of hydrogen-bond acceptors (Lipinski definition) is 5. The standard InChI is InChI=1S/C18H18ClFN6/c1-10-22-16(21-9-12-4-5-13(20)6-14(12)19)8-17(23-10)24-18-7-15(25-26-18)11-2-3-11/h4-8,11H,2-3,9H2,1H3,(H3,21,22,23,24,25,26). The Morgan fingerprint density at radius 1 is 1.15 bits per heavy atom. The van der Waals surface area contributed by atoms with Gasteiger partial charge in [-0.15, -0.1) is 0 Å². The molecule has 0 amide bonds. The molecular weight excluding hydrogens is 355 g/mol. The number of halogens is 2. The van der Waals surface area contributed by atoms with Crippen LogP contribution in [0.25, 0.3) is 0 Å². The highest BCUT2D eigenvalue weighted by Gasteiger charge is 2.25. The van der Waals surface area contributed by atoms with Crippen LogP contribution in [0.3, 0.4) is 0 Å². The van der Waals surface area contributed by atoms with Crippen LogP contribution in [0, 0.1) is 12.7 Å². The van der Waals surface area contributed by atoms with Crippen molar-refractivity contribution >= 4 is 29.1 Å². The van der Waals surface area contributed by atoms with E-state index in [4.69, 9.17) is 11.6 Å². The van der Waals surface area contributed by atoms with Crippen LogP contribution >= 0.6 is 11.6 Å². The van der Waals surface area contributed by atoms with Crippen LogP contribution < -0.4 is 10.6 Å². The molecule has 1 aliphatic rings. The van der Waals surface area contributed by atoms with Gasteiger partial charge in [-0.3, -0.25) is 5.10 Å². The van der Waals surface area contributed by atoms with Crippen LogP contribution in [0.1, 0.15) is 35.8 Å². The normalized spacial score (nSPS) is 13.7. The highest BCUT2D eigenvalue weighted by Crippen LogP contribution is 2.39. The molecule has 0 bridgehead atoms. The number of aromatic amines is 1. The van der Waals surface area contributed by atoms with Crippen LogP contribution in [0.5, 0.6) is 0 Å². The third-order valence-electron chi connectivity index (χ3n) is 4.18. The smallest absolute Gasteiger partial charge is 0.153 e. The van der Waals surface area contributed by atoms with Gasteiger partial charge >= 0.3 is 0 Å². The van der Waals surface area contributed by atoms with Gasteiger partial charge in [0.1, 0.15) is 23.3 Å². The van der Waals surface area contributed by atoms with Crippen molar-refractivity contribution in [1.82, 2.24) is 20.2 Å². The lowest BCUT2D eigenvalue weighted by Gasteiger charge is -2.10. The second-order valence-corrected chi connectivity index (χ2v) is 6.79. The number of aromatic nitrogens is 4. The van der Waals surface area contributed by atoms with Crippen molar-refractivity contribution in [1.29, 1.82) is 0 Å². The van der Waals surface area contributed by atoms with E-state index in [0.29, 0.717) is 34.9 Å². The fourth-order valence-corrected chi connectivity index (χ4v) is 2.94. The Morgan fingerprint density at radius 2 is 1.96 bits per heavy atom. The van der Waals surface area contributed by atoms with E-state index in [9.17, 15) is 4.39 Å². The van der Waals surface area contributed by atoms with Gasteiger partial charge in [-0.2, -0.15) is 5.10 Å². The van der Waals surface area contributed by atoms with E-state index in [0.717, 1.165) is 17.1 Å². The van der Waals surface area contributed by atoms with E-state index in [2.05, 4.69) is 30.8 Å².